The van der Waals surface area contributed by atoms with E-state index in [0.717, 1.165) is 12.8 Å². The molecule has 0 aliphatic heterocycles. The molecule has 0 heterocycles. The van der Waals surface area contributed by atoms with Gasteiger partial charge in [0.1, 0.15) is 0 Å². The Morgan fingerprint density at radius 3 is 2.12 bits per heavy atom. The zero-order valence-corrected chi connectivity index (χ0v) is 15.7. The van der Waals surface area contributed by atoms with E-state index in [-0.39, 0.29) is 30.9 Å². The van der Waals surface area contributed by atoms with Crippen LogP contribution in [0.4, 0.5) is 0 Å². The Hall–Kier alpha value is -1.50. The van der Waals surface area contributed by atoms with E-state index in [9.17, 15) is 9.59 Å². The number of ether oxygens (including phenoxy) is 2. The molecule has 0 spiro atoms. The van der Waals surface area contributed by atoms with E-state index in [1.807, 2.05) is 6.92 Å². The largest absolute Gasteiger partial charge is 0.466 e. The molecule has 0 aliphatic rings. The SMILES string of the molecule is CC#CC(CC)OC(=O)CCCC(=O)OCCCCCCCCC. The van der Waals surface area contributed by atoms with E-state index in [4.69, 9.17) is 9.47 Å². The van der Waals surface area contributed by atoms with Crippen LogP contribution in [0.5, 0.6) is 0 Å². The summed E-state index contributed by atoms with van der Waals surface area (Å²) in [4.78, 5) is 23.2. The van der Waals surface area contributed by atoms with Crippen LogP contribution in [-0.2, 0) is 19.1 Å². The van der Waals surface area contributed by atoms with E-state index in [1.54, 1.807) is 6.92 Å². The lowest BCUT2D eigenvalue weighted by molar-refractivity contribution is -0.147. The highest BCUT2D eigenvalue weighted by atomic mass is 16.5. The van der Waals surface area contributed by atoms with Crippen LogP contribution in [0.1, 0.15) is 91.4 Å². The number of hydrogen-bond donors (Lipinski definition) is 0. The highest BCUT2D eigenvalue weighted by molar-refractivity contribution is 5.72. The summed E-state index contributed by atoms with van der Waals surface area (Å²) in [5.74, 6) is 5.05. The van der Waals surface area contributed by atoms with Gasteiger partial charge in [-0.1, -0.05) is 58.3 Å². The van der Waals surface area contributed by atoms with Crippen molar-refractivity contribution in [3.05, 3.63) is 0 Å². The van der Waals surface area contributed by atoms with Crippen molar-refractivity contribution in [1.82, 2.24) is 0 Å². The summed E-state index contributed by atoms with van der Waals surface area (Å²) in [5.41, 5.74) is 0. The average Bonchev–Trinajstić information content (AvgIpc) is 2.56. The first-order valence-corrected chi connectivity index (χ1v) is 9.41. The highest BCUT2D eigenvalue weighted by Crippen LogP contribution is 2.08. The molecular weight excluding hydrogens is 304 g/mol. The van der Waals surface area contributed by atoms with Crippen molar-refractivity contribution in [2.24, 2.45) is 0 Å². The summed E-state index contributed by atoms with van der Waals surface area (Å²) in [6.07, 6.45) is 9.68. The minimum Gasteiger partial charge on any atom is -0.466 e. The molecule has 0 aromatic carbocycles. The average molecular weight is 338 g/mol. The van der Waals surface area contributed by atoms with Crippen LogP contribution in [0.2, 0.25) is 0 Å². The van der Waals surface area contributed by atoms with Gasteiger partial charge in [0.25, 0.3) is 0 Å². The number of carbonyl (C=O) groups is 2. The van der Waals surface area contributed by atoms with E-state index in [2.05, 4.69) is 18.8 Å². The molecule has 0 amide bonds. The molecule has 0 radical (unpaired) electrons. The van der Waals surface area contributed by atoms with Crippen LogP contribution in [0, 0.1) is 11.8 Å². The number of carbonyl (C=O) groups excluding carboxylic acids is 2. The molecule has 0 N–H and O–H groups in total. The molecular formula is C20H34O4. The van der Waals surface area contributed by atoms with E-state index < -0.39 is 0 Å². The predicted octanol–water partition coefficient (Wildman–Crippen LogP) is 4.80. The molecule has 0 aliphatic carbocycles. The second-order valence-corrected chi connectivity index (χ2v) is 5.98. The van der Waals surface area contributed by atoms with E-state index >= 15 is 0 Å². The molecule has 0 bridgehead atoms. The molecule has 138 valence electrons. The fourth-order valence-corrected chi connectivity index (χ4v) is 2.29. The molecule has 4 nitrogen and oxygen atoms in total. The fraction of sp³-hybridized carbons (Fsp3) is 0.800. The molecule has 24 heavy (non-hydrogen) atoms. The lowest BCUT2D eigenvalue weighted by Crippen LogP contribution is -2.16. The molecule has 0 saturated heterocycles. The number of rotatable bonds is 14. The second kappa shape index (κ2) is 16.4. The van der Waals surface area contributed by atoms with Crippen molar-refractivity contribution in [3.8, 4) is 11.8 Å². The first kappa shape index (κ1) is 22.5. The third-order valence-corrected chi connectivity index (χ3v) is 3.72. The Bertz CT molecular complexity index is 392. The van der Waals surface area contributed by atoms with Crippen molar-refractivity contribution < 1.29 is 19.1 Å². The second-order valence-electron chi connectivity index (χ2n) is 5.98. The summed E-state index contributed by atoms with van der Waals surface area (Å²) in [6, 6.07) is 0. The molecule has 4 heteroatoms. The van der Waals surface area contributed by atoms with Gasteiger partial charge in [-0.2, -0.15) is 0 Å². The third-order valence-electron chi connectivity index (χ3n) is 3.72. The third kappa shape index (κ3) is 14.1. The topological polar surface area (TPSA) is 52.6 Å². The fourth-order valence-electron chi connectivity index (χ4n) is 2.29. The van der Waals surface area contributed by atoms with Crippen molar-refractivity contribution in [1.29, 1.82) is 0 Å². The normalized spacial score (nSPS) is 11.3. The quantitative estimate of drug-likeness (QED) is 0.259. The van der Waals surface area contributed by atoms with Gasteiger partial charge in [0.2, 0.25) is 0 Å². The van der Waals surface area contributed by atoms with Crippen LogP contribution >= 0.6 is 0 Å². The van der Waals surface area contributed by atoms with Gasteiger partial charge in [0, 0.05) is 12.8 Å². The van der Waals surface area contributed by atoms with Gasteiger partial charge in [-0.25, -0.2) is 0 Å². The molecule has 0 aromatic rings. The molecule has 0 saturated carbocycles. The Kier molecular flexibility index (Phi) is 15.3. The molecule has 0 aromatic heterocycles. The molecule has 0 rings (SSSR count). The predicted molar refractivity (Wildman–Crippen MR) is 96.4 cm³/mol. The zero-order chi connectivity index (χ0) is 18.0. The zero-order valence-electron chi connectivity index (χ0n) is 15.7. The highest BCUT2D eigenvalue weighted by Gasteiger charge is 2.11. The summed E-state index contributed by atoms with van der Waals surface area (Å²) < 4.78 is 10.4. The van der Waals surface area contributed by atoms with Crippen LogP contribution in [0.25, 0.3) is 0 Å². The van der Waals surface area contributed by atoms with E-state index in [0.29, 0.717) is 19.4 Å². The number of unbranched alkanes of at least 4 members (excludes halogenated alkanes) is 6. The lowest BCUT2D eigenvalue weighted by atomic mass is 10.1. The first-order chi connectivity index (χ1) is 11.6. The lowest BCUT2D eigenvalue weighted by Gasteiger charge is -2.10. The van der Waals surface area contributed by atoms with Gasteiger partial charge in [0.15, 0.2) is 6.10 Å². The Morgan fingerprint density at radius 2 is 1.50 bits per heavy atom. The monoisotopic (exact) mass is 338 g/mol. The number of esters is 2. The Labute approximate surface area is 147 Å². The Balaban J connectivity index is 3.55. The summed E-state index contributed by atoms with van der Waals surface area (Å²) in [6.45, 7) is 6.34. The maximum atomic E-state index is 11.6. The van der Waals surface area contributed by atoms with Crippen LogP contribution < -0.4 is 0 Å². The van der Waals surface area contributed by atoms with Crippen molar-refractivity contribution >= 4 is 11.9 Å². The Morgan fingerprint density at radius 1 is 0.875 bits per heavy atom. The van der Waals surface area contributed by atoms with Gasteiger partial charge in [-0.05, 0) is 26.2 Å². The van der Waals surface area contributed by atoms with Gasteiger partial charge >= 0.3 is 11.9 Å². The van der Waals surface area contributed by atoms with Gasteiger partial charge < -0.3 is 9.47 Å². The summed E-state index contributed by atoms with van der Waals surface area (Å²) in [7, 11) is 0. The summed E-state index contributed by atoms with van der Waals surface area (Å²) >= 11 is 0. The maximum Gasteiger partial charge on any atom is 0.307 e. The van der Waals surface area contributed by atoms with Gasteiger partial charge in [0.05, 0.1) is 6.61 Å². The van der Waals surface area contributed by atoms with Gasteiger partial charge in [-0.15, -0.1) is 5.92 Å². The maximum absolute atomic E-state index is 11.6. The summed E-state index contributed by atoms with van der Waals surface area (Å²) in [5, 5.41) is 0. The van der Waals surface area contributed by atoms with Crippen LogP contribution in [0.15, 0.2) is 0 Å². The van der Waals surface area contributed by atoms with Crippen LogP contribution in [-0.4, -0.2) is 24.6 Å². The minimum absolute atomic E-state index is 0.228. The molecule has 0 fully saturated rings. The van der Waals surface area contributed by atoms with E-state index in [1.165, 1.54) is 32.1 Å². The number of hydrogen-bond acceptors (Lipinski definition) is 4. The molecule has 1 atom stereocenters. The smallest absolute Gasteiger partial charge is 0.307 e. The van der Waals surface area contributed by atoms with Crippen molar-refractivity contribution in [2.45, 2.75) is 97.5 Å². The van der Waals surface area contributed by atoms with Gasteiger partial charge in [-0.3, -0.25) is 9.59 Å². The standard InChI is InChI=1S/C20H34O4/c1-4-7-8-9-10-11-12-17-23-19(21)15-13-16-20(22)24-18(6-3)14-5-2/h18H,4,6-13,15-17H2,1-3H3. The van der Waals surface area contributed by atoms with Crippen LogP contribution in [0.3, 0.4) is 0 Å². The first-order valence-electron chi connectivity index (χ1n) is 9.41. The minimum atomic E-state index is -0.341. The molecule has 1 unspecified atom stereocenters. The van der Waals surface area contributed by atoms with Crippen molar-refractivity contribution in [2.75, 3.05) is 6.61 Å². The van der Waals surface area contributed by atoms with Crippen molar-refractivity contribution in [3.63, 3.8) is 0 Å².